The molecule has 4 aliphatic rings. The van der Waals surface area contributed by atoms with E-state index < -0.39 is 0 Å². The molecule has 0 N–H and O–H groups in total. The summed E-state index contributed by atoms with van der Waals surface area (Å²) in [6.07, 6.45) is 7.46. The zero-order chi connectivity index (χ0) is 16.1. The van der Waals surface area contributed by atoms with Gasteiger partial charge in [0.1, 0.15) is 11.6 Å². The first-order chi connectivity index (χ1) is 11.8. The van der Waals surface area contributed by atoms with Gasteiger partial charge in [-0.25, -0.2) is 0 Å². The molecule has 6 heterocycles. The summed E-state index contributed by atoms with van der Waals surface area (Å²) in [5.74, 6) is 2.35. The largest absolute Gasteiger partial charge is 0.314 e. The van der Waals surface area contributed by atoms with Crippen molar-refractivity contribution in [3.05, 3.63) is 40.1 Å². The Bertz CT molecular complexity index is 747. The maximum Gasteiger partial charge on any atom is 0.147 e. The van der Waals surface area contributed by atoms with Gasteiger partial charge in [0.25, 0.3) is 0 Å². The normalized spacial score (nSPS) is 26.4. The van der Waals surface area contributed by atoms with E-state index >= 15 is 0 Å². The van der Waals surface area contributed by atoms with Gasteiger partial charge in [0.2, 0.25) is 0 Å². The summed E-state index contributed by atoms with van der Waals surface area (Å²) >= 11 is 3.51. The lowest BCUT2D eigenvalue weighted by atomic mass is 9.87. The van der Waals surface area contributed by atoms with Gasteiger partial charge in [0.05, 0.1) is 6.54 Å². The zero-order valence-electron chi connectivity index (χ0n) is 13.6. The zero-order valence-corrected chi connectivity index (χ0v) is 15.2. The molecule has 0 saturated carbocycles. The quantitative estimate of drug-likeness (QED) is 0.799. The van der Waals surface area contributed by atoms with E-state index in [0.717, 1.165) is 43.6 Å². The van der Waals surface area contributed by atoms with Crippen molar-refractivity contribution in [3.63, 3.8) is 0 Å². The Balaban J connectivity index is 1.23. The second kappa shape index (κ2) is 5.89. The molecule has 2 aromatic rings. The first-order valence-corrected chi connectivity index (χ1v) is 9.54. The molecule has 24 heavy (non-hydrogen) atoms. The van der Waals surface area contributed by atoms with Gasteiger partial charge in [0.15, 0.2) is 0 Å². The molecule has 2 atom stereocenters. The molecular formula is C17H21BrN6. The van der Waals surface area contributed by atoms with Crippen LogP contribution in [0.5, 0.6) is 0 Å². The number of aromatic nitrogens is 4. The fourth-order valence-corrected chi connectivity index (χ4v) is 4.87. The molecule has 2 bridgehead atoms. The van der Waals surface area contributed by atoms with Crippen molar-refractivity contribution in [2.75, 3.05) is 13.1 Å². The summed E-state index contributed by atoms with van der Waals surface area (Å²) in [4.78, 5) is 9.47. The van der Waals surface area contributed by atoms with E-state index in [9.17, 15) is 0 Å². The van der Waals surface area contributed by atoms with Crippen LogP contribution in [0.1, 0.15) is 30.1 Å². The molecule has 4 aliphatic heterocycles. The van der Waals surface area contributed by atoms with Crippen LogP contribution in [0.15, 0.2) is 22.9 Å². The average molecular weight is 389 g/mol. The number of fused-ring (bicyclic) bond motifs is 3. The Morgan fingerprint density at radius 1 is 1.12 bits per heavy atom. The number of nitrogens with zero attached hydrogens (tertiary/aromatic N) is 6. The summed E-state index contributed by atoms with van der Waals surface area (Å²) in [6, 6.07) is 3.50. The van der Waals surface area contributed by atoms with Crippen LogP contribution >= 0.6 is 15.9 Å². The van der Waals surface area contributed by atoms with Crippen LogP contribution in [0.4, 0.5) is 0 Å². The number of piperidine rings is 1. The van der Waals surface area contributed by atoms with Crippen LogP contribution in [0, 0.1) is 0 Å². The van der Waals surface area contributed by atoms with Crippen molar-refractivity contribution in [1.29, 1.82) is 0 Å². The van der Waals surface area contributed by atoms with Crippen LogP contribution in [0.25, 0.3) is 0 Å². The fourth-order valence-electron chi connectivity index (χ4n) is 4.45. The van der Waals surface area contributed by atoms with Crippen molar-refractivity contribution >= 4 is 15.9 Å². The Morgan fingerprint density at radius 3 is 2.83 bits per heavy atom. The molecule has 3 fully saturated rings. The Morgan fingerprint density at radius 2 is 2.00 bits per heavy atom. The highest BCUT2D eigenvalue weighted by Gasteiger charge is 2.44. The lowest BCUT2D eigenvalue weighted by Crippen LogP contribution is -2.67. The van der Waals surface area contributed by atoms with Gasteiger partial charge in [0, 0.05) is 61.5 Å². The summed E-state index contributed by atoms with van der Waals surface area (Å²) < 4.78 is 3.39. The molecule has 2 aromatic heterocycles. The molecule has 3 saturated heterocycles. The third kappa shape index (κ3) is 2.59. The third-order valence-corrected chi connectivity index (χ3v) is 6.03. The van der Waals surface area contributed by atoms with Crippen molar-refractivity contribution in [2.24, 2.45) is 0 Å². The molecule has 0 spiro atoms. The number of hydrogen-bond donors (Lipinski definition) is 0. The number of piperazine rings is 1. The first kappa shape index (κ1) is 15.0. The summed E-state index contributed by atoms with van der Waals surface area (Å²) in [5, 5.41) is 8.77. The summed E-state index contributed by atoms with van der Waals surface area (Å²) in [5.41, 5.74) is 1.28. The van der Waals surface area contributed by atoms with Gasteiger partial charge in [-0.3, -0.25) is 14.8 Å². The molecule has 2 unspecified atom stereocenters. The molecule has 0 aliphatic carbocycles. The summed E-state index contributed by atoms with van der Waals surface area (Å²) in [7, 11) is 0. The van der Waals surface area contributed by atoms with Crippen molar-refractivity contribution in [2.45, 2.75) is 51.0 Å². The molecule has 6 rings (SSSR count). The smallest absolute Gasteiger partial charge is 0.147 e. The summed E-state index contributed by atoms with van der Waals surface area (Å²) in [6.45, 7) is 5.35. The topological polar surface area (TPSA) is 50.1 Å². The van der Waals surface area contributed by atoms with E-state index in [4.69, 9.17) is 0 Å². The third-order valence-electron chi connectivity index (χ3n) is 5.60. The minimum Gasteiger partial charge on any atom is -0.314 e. The number of pyridine rings is 1. The van der Waals surface area contributed by atoms with E-state index in [2.05, 4.69) is 51.5 Å². The highest BCUT2D eigenvalue weighted by atomic mass is 79.9. The maximum absolute atomic E-state index is 4.43. The highest BCUT2D eigenvalue weighted by molar-refractivity contribution is 9.10. The average Bonchev–Trinajstić information content (AvgIpc) is 3.16. The SMILES string of the molecule is Brc1cncc(CN2CC3CC(C2)N3Cc2nnc3n2CCC3)c1. The van der Waals surface area contributed by atoms with Crippen LogP contribution in [0.3, 0.4) is 0 Å². The lowest BCUT2D eigenvalue weighted by Gasteiger charge is -2.56. The second-order valence-corrected chi connectivity index (χ2v) is 8.12. The molecule has 0 amide bonds. The number of aryl methyl sites for hydroxylation is 1. The molecule has 0 radical (unpaired) electrons. The van der Waals surface area contributed by atoms with Crippen molar-refractivity contribution in [1.82, 2.24) is 29.5 Å². The monoisotopic (exact) mass is 388 g/mol. The highest BCUT2D eigenvalue weighted by Crippen LogP contribution is 2.34. The van der Waals surface area contributed by atoms with E-state index in [0.29, 0.717) is 12.1 Å². The molecular weight excluding hydrogens is 368 g/mol. The second-order valence-electron chi connectivity index (χ2n) is 7.21. The number of hydrogen-bond acceptors (Lipinski definition) is 5. The van der Waals surface area contributed by atoms with E-state index in [1.54, 1.807) is 0 Å². The van der Waals surface area contributed by atoms with Crippen LogP contribution in [-0.4, -0.2) is 54.7 Å². The Kier molecular flexibility index (Phi) is 3.68. The van der Waals surface area contributed by atoms with E-state index in [-0.39, 0.29) is 0 Å². The van der Waals surface area contributed by atoms with E-state index in [1.165, 1.54) is 30.1 Å². The molecule has 7 heteroatoms. The van der Waals surface area contributed by atoms with Gasteiger partial charge in [-0.1, -0.05) is 0 Å². The maximum atomic E-state index is 4.43. The lowest BCUT2D eigenvalue weighted by molar-refractivity contribution is -0.0792. The minimum absolute atomic E-state index is 0.665. The fraction of sp³-hybridized carbons (Fsp3) is 0.588. The van der Waals surface area contributed by atoms with Crippen LogP contribution in [0.2, 0.25) is 0 Å². The molecule has 126 valence electrons. The van der Waals surface area contributed by atoms with Crippen LogP contribution in [-0.2, 0) is 26.1 Å². The number of halogens is 1. The first-order valence-electron chi connectivity index (χ1n) is 8.75. The van der Waals surface area contributed by atoms with Gasteiger partial charge < -0.3 is 4.57 Å². The predicted molar refractivity (Wildman–Crippen MR) is 93.3 cm³/mol. The number of rotatable bonds is 4. The standard InChI is InChI=1S/C17H21BrN6/c18-13-4-12(6-19-7-13)8-22-9-14-5-15(10-22)24(14)11-17-21-20-16-2-1-3-23(16)17/h4,6-7,14-15H,1-3,5,8-11H2. The van der Waals surface area contributed by atoms with Gasteiger partial charge >= 0.3 is 0 Å². The predicted octanol–water partition coefficient (Wildman–Crippen LogP) is 1.84. The Hall–Kier alpha value is -1.31. The van der Waals surface area contributed by atoms with Crippen LogP contribution < -0.4 is 0 Å². The Labute approximate surface area is 150 Å². The minimum atomic E-state index is 0.665. The van der Waals surface area contributed by atoms with Gasteiger partial charge in [-0.15, -0.1) is 10.2 Å². The van der Waals surface area contributed by atoms with Crippen molar-refractivity contribution in [3.8, 4) is 0 Å². The van der Waals surface area contributed by atoms with Gasteiger partial charge in [-0.05, 0) is 40.4 Å². The van der Waals surface area contributed by atoms with E-state index in [1.807, 2.05) is 12.4 Å². The molecule has 0 aromatic carbocycles. The van der Waals surface area contributed by atoms with Crippen molar-refractivity contribution < 1.29 is 0 Å². The molecule has 6 nitrogen and oxygen atoms in total. The van der Waals surface area contributed by atoms with Gasteiger partial charge in [-0.2, -0.15) is 0 Å².